The number of para-hydroxylation sites is 1. The van der Waals surface area contributed by atoms with Crippen LogP contribution in [0.25, 0.3) is 10.9 Å². The molecule has 1 aromatic carbocycles. The fourth-order valence-electron chi connectivity index (χ4n) is 3.51. The Labute approximate surface area is 147 Å². The number of aromatic nitrogens is 1. The van der Waals surface area contributed by atoms with Crippen molar-refractivity contribution in [1.82, 2.24) is 9.47 Å². The lowest BCUT2D eigenvalue weighted by Crippen LogP contribution is -2.45. The SMILES string of the molecule is Cc1cc2ccccc2n1CC(=O)N(CCC(=O)O)C1CCOCC1. The summed E-state index contributed by atoms with van der Waals surface area (Å²) in [4.78, 5) is 25.7. The Balaban J connectivity index is 1.80. The van der Waals surface area contributed by atoms with E-state index in [2.05, 4.69) is 6.07 Å². The molecule has 3 rings (SSSR count). The van der Waals surface area contributed by atoms with Crippen LogP contribution in [0.15, 0.2) is 30.3 Å². The second-order valence-corrected chi connectivity index (χ2v) is 6.51. The van der Waals surface area contributed by atoms with Crippen molar-refractivity contribution in [2.24, 2.45) is 0 Å². The van der Waals surface area contributed by atoms with Crippen LogP contribution < -0.4 is 0 Å². The van der Waals surface area contributed by atoms with E-state index in [1.54, 1.807) is 4.90 Å². The molecule has 1 aliphatic heterocycles. The molecule has 1 aliphatic rings. The number of fused-ring (bicyclic) bond motifs is 1. The van der Waals surface area contributed by atoms with E-state index in [0.29, 0.717) is 13.2 Å². The molecule has 6 nitrogen and oxygen atoms in total. The lowest BCUT2D eigenvalue weighted by atomic mass is 10.1. The van der Waals surface area contributed by atoms with Crippen LogP contribution in [0.2, 0.25) is 0 Å². The Hall–Kier alpha value is -2.34. The summed E-state index contributed by atoms with van der Waals surface area (Å²) in [5, 5.41) is 10.1. The van der Waals surface area contributed by atoms with E-state index in [1.807, 2.05) is 35.8 Å². The van der Waals surface area contributed by atoms with Crippen LogP contribution in [0.4, 0.5) is 0 Å². The van der Waals surface area contributed by atoms with Gasteiger partial charge in [0, 0.05) is 37.0 Å². The maximum atomic E-state index is 13.0. The van der Waals surface area contributed by atoms with Crippen LogP contribution in [0.5, 0.6) is 0 Å². The van der Waals surface area contributed by atoms with Gasteiger partial charge in [-0.05, 0) is 37.3 Å². The van der Waals surface area contributed by atoms with E-state index in [9.17, 15) is 9.59 Å². The summed E-state index contributed by atoms with van der Waals surface area (Å²) in [5.41, 5.74) is 2.05. The van der Waals surface area contributed by atoms with Gasteiger partial charge < -0.3 is 19.3 Å². The quantitative estimate of drug-likeness (QED) is 0.874. The number of ether oxygens (including phenoxy) is 1. The van der Waals surface area contributed by atoms with Gasteiger partial charge in [0.2, 0.25) is 5.91 Å². The molecule has 0 atom stereocenters. The first-order valence-corrected chi connectivity index (χ1v) is 8.70. The highest BCUT2D eigenvalue weighted by atomic mass is 16.5. The number of carboxylic acid groups (broad SMARTS) is 1. The first-order chi connectivity index (χ1) is 12.1. The highest BCUT2D eigenvalue weighted by molar-refractivity contribution is 5.84. The van der Waals surface area contributed by atoms with Gasteiger partial charge in [0.1, 0.15) is 6.54 Å². The summed E-state index contributed by atoms with van der Waals surface area (Å²) in [7, 11) is 0. The Bertz CT molecular complexity index is 762. The van der Waals surface area contributed by atoms with E-state index >= 15 is 0 Å². The van der Waals surface area contributed by atoms with Crippen molar-refractivity contribution in [3.8, 4) is 0 Å². The topological polar surface area (TPSA) is 71.8 Å². The number of hydrogen-bond acceptors (Lipinski definition) is 3. The first kappa shape index (κ1) is 17.5. The largest absolute Gasteiger partial charge is 0.481 e. The average molecular weight is 344 g/mol. The standard InChI is InChI=1S/C19H24N2O4/c1-14-12-15-4-2-3-5-17(15)21(14)13-18(22)20(9-6-19(23)24)16-7-10-25-11-8-16/h2-5,12,16H,6-11,13H2,1H3,(H,23,24). The molecule has 25 heavy (non-hydrogen) atoms. The van der Waals surface area contributed by atoms with E-state index in [0.717, 1.165) is 29.4 Å². The zero-order valence-electron chi connectivity index (χ0n) is 14.5. The van der Waals surface area contributed by atoms with E-state index < -0.39 is 5.97 Å². The van der Waals surface area contributed by atoms with Crippen molar-refractivity contribution in [2.75, 3.05) is 19.8 Å². The molecule has 1 fully saturated rings. The Morgan fingerprint density at radius 1 is 1.28 bits per heavy atom. The minimum absolute atomic E-state index is 0.0300. The van der Waals surface area contributed by atoms with Gasteiger partial charge >= 0.3 is 5.97 Å². The second kappa shape index (κ2) is 7.70. The molecule has 0 saturated carbocycles. The molecule has 0 radical (unpaired) electrons. The number of rotatable bonds is 6. The van der Waals surface area contributed by atoms with Gasteiger partial charge in [0.25, 0.3) is 0 Å². The van der Waals surface area contributed by atoms with Crippen LogP contribution in [0, 0.1) is 6.92 Å². The number of hydrogen-bond donors (Lipinski definition) is 1. The van der Waals surface area contributed by atoms with E-state index in [1.165, 1.54) is 0 Å². The number of amides is 1. The summed E-state index contributed by atoms with van der Waals surface area (Å²) < 4.78 is 7.38. The van der Waals surface area contributed by atoms with Gasteiger partial charge in [-0.15, -0.1) is 0 Å². The number of carbonyl (C=O) groups is 2. The van der Waals surface area contributed by atoms with Gasteiger partial charge in [0.15, 0.2) is 0 Å². The molecule has 0 bridgehead atoms. The van der Waals surface area contributed by atoms with Gasteiger partial charge in [-0.2, -0.15) is 0 Å². The monoisotopic (exact) mass is 344 g/mol. The Morgan fingerprint density at radius 2 is 2.00 bits per heavy atom. The molecule has 134 valence electrons. The zero-order valence-corrected chi connectivity index (χ0v) is 14.5. The number of aliphatic carboxylic acids is 1. The average Bonchev–Trinajstić information content (AvgIpc) is 2.91. The maximum Gasteiger partial charge on any atom is 0.305 e. The third-order valence-corrected chi connectivity index (χ3v) is 4.83. The molecule has 2 heterocycles. The van der Waals surface area contributed by atoms with Crippen LogP contribution in [0.3, 0.4) is 0 Å². The maximum absolute atomic E-state index is 13.0. The normalized spacial score (nSPS) is 15.4. The molecule has 0 aliphatic carbocycles. The van der Waals surface area contributed by atoms with Crippen molar-refractivity contribution in [3.05, 3.63) is 36.0 Å². The molecule has 1 amide bonds. The molecule has 1 aromatic heterocycles. The number of aryl methyl sites for hydroxylation is 1. The molecule has 2 aromatic rings. The summed E-state index contributed by atoms with van der Waals surface area (Å²) >= 11 is 0. The van der Waals surface area contributed by atoms with Crippen LogP contribution >= 0.6 is 0 Å². The minimum Gasteiger partial charge on any atom is -0.481 e. The third kappa shape index (κ3) is 4.02. The lowest BCUT2D eigenvalue weighted by Gasteiger charge is -2.34. The van der Waals surface area contributed by atoms with Crippen molar-refractivity contribution >= 4 is 22.8 Å². The van der Waals surface area contributed by atoms with Gasteiger partial charge in [-0.3, -0.25) is 9.59 Å². The highest BCUT2D eigenvalue weighted by Crippen LogP contribution is 2.21. The Morgan fingerprint density at radius 3 is 2.72 bits per heavy atom. The zero-order chi connectivity index (χ0) is 17.8. The predicted molar refractivity (Wildman–Crippen MR) is 94.5 cm³/mol. The minimum atomic E-state index is -0.882. The van der Waals surface area contributed by atoms with Crippen molar-refractivity contribution in [2.45, 2.75) is 38.8 Å². The van der Waals surface area contributed by atoms with Gasteiger partial charge in [-0.1, -0.05) is 18.2 Å². The molecular formula is C19H24N2O4. The number of carboxylic acids is 1. The summed E-state index contributed by atoms with van der Waals surface area (Å²) in [5.74, 6) is -0.912. The molecule has 1 N–H and O–H groups in total. The van der Waals surface area contributed by atoms with Gasteiger partial charge in [-0.25, -0.2) is 0 Å². The van der Waals surface area contributed by atoms with Crippen molar-refractivity contribution < 1.29 is 19.4 Å². The fraction of sp³-hybridized carbons (Fsp3) is 0.474. The molecule has 1 saturated heterocycles. The summed E-state index contributed by atoms with van der Waals surface area (Å²) in [6.45, 7) is 3.71. The Kier molecular flexibility index (Phi) is 5.38. The van der Waals surface area contributed by atoms with Crippen molar-refractivity contribution in [1.29, 1.82) is 0 Å². The smallest absolute Gasteiger partial charge is 0.305 e. The molecule has 0 spiro atoms. The third-order valence-electron chi connectivity index (χ3n) is 4.83. The summed E-state index contributed by atoms with van der Waals surface area (Å²) in [6.07, 6.45) is 1.49. The number of nitrogens with zero attached hydrogens (tertiary/aromatic N) is 2. The van der Waals surface area contributed by atoms with E-state index in [-0.39, 0.29) is 31.5 Å². The molecular weight excluding hydrogens is 320 g/mol. The first-order valence-electron chi connectivity index (χ1n) is 8.70. The summed E-state index contributed by atoms with van der Waals surface area (Å²) in [6, 6.07) is 10.1. The van der Waals surface area contributed by atoms with Crippen LogP contribution in [-0.4, -0.2) is 52.3 Å². The number of carbonyl (C=O) groups excluding carboxylic acids is 1. The molecule has 0 unspecified atom stereocenters. The van der Waals surface area contributed by atoms with E-state index in [4.69, 9.17) is 9.84 Å². The van der Waals surface area contributed by atoms with Crippen LogP contribution in [-0.2, 0) is 20.9 Å². The van der Waals surface area contributed by atoms with Gasteiger partial charge in [0.05, 0.1) is 6.42 Å². The fourth-order valence-corrected chi connectivity index (χ4v) is 3.51. The van der Waals surface area contributed by atoms with Crippen LogP contribution in [0.1, 0.15) is 25.0 Å². The lowest BCUT2D eigenvalue weighted by molar-refractivity contribution is -0.140. The van der Waals surface area contributed by atoms with Crippen molar-refractivity contribution in [3.63, 3.8) is 0 Å². The number of benzene rings is 1. The predicted octanol–water partition coefficient (Wildman–Crippen LogP) is 2.43. The highest BCUT2D eigenvalue weighted by Gasteiger charge is 2.26. The molecule has 6 heteroatoms. The second-order valence-electron chi connectivity index (χ2n) is 6.51.